The molecule has 0 heterocycles. The number of hydrogen-bond donors (Lipinski definition) is 0. The lowest BCUT2D eigenvalue weighted by atomic mass is 10.2. The summed E-state index contributed by atoms with van der Waals surface area (Å²) in [6.07, 6.45) is 0. The van der Waals surface area contributed by atoms with Crippen LogP contribution in [0.4, 0.5) is 0 Å². The fourth-order valence-corrected chi connectivity index (χ4v) is 1.97. The van der Waals surface area contributed by atoms with Gasteiger partial charge < -0.3 is 9.47 Å². The lowest BCUT2D eigenvalue weighted by Gasteiger charge is -2.12. The van der Waals surface area contributed by atoms with Gasteiger partial charge in [0, 0.05) is 10.6 Å². The van der Waals surface area contributed by atoms with Gasteiger partial charge in [-0.3, -0.25) is 0 Å². The minimum atomic E-state index is 0.112. The van der Waals surface area contributed by atoms with E-state index in [1.54, 1.807) is 25.3 Å². The molecule has 4 nitrogen and oxygen atoms in total. The summed E-state index contributed by atoms with van der Waals surface area (Å²) in [4.78, 5) is 10.3. The highest BCUT2D eigenvalue weighted by Gasteiger charge is 2.07. The summed E-state index contributed by atoms with van der Waals surface area (Å²) >= 11 is 6.07. The smallest absolute Gasteiger partial charge is 0.161 e. The van der Waals surface area contributed by atoms with Crippen molar-refractivity contribution >= 4 is 11.6 Å². The van der Waals surface area contributed by atoms with Crippen LogP contribution in [0.25, 0.3) is 0 Å². The molecule has 20 heavy (non-hydrogen) atoms. The Kier molecular flexibility index (Phi) is 4.96. The number of nitroso groups, excluding NO2 is 1. The Morgan fingerprint density at radius 1 is 1.15 bits per heavy atom. The van der Waals surface area contributed by atoms with Gasteiger partial charge in [0.15, 0.2) is 11.5 Å². The molecule has 0 saturated heterocycles. The molecule has 0 N–H and O–H groups in total. The van der Waals surface area contributed by atoms with Crippen LogP contribution in [-0.4, -0.2) is 7.11 Å². The summed E-state index contributed by atoms with van der Waals surface area (Å²) in [6, 6.07) is 12.8. The largest absolute Gasteiger partial charge is 0.493 e. The molecule has 0 bridgehead atoms. The molecular formula is C15H14ClNO3. The van der Waals surface area contributed by atoms with Crippen molar-refractivity contribution in [3.8, 4) is 11.5 Å². The van der Waals surface area contributed by atoms with Crippen molar-refractivity contribution in [3.63, 3.8) is 0 Å². The molecule has 0 aliphatic carbocycles. The van der Waals surface area contributed by atoms with Crippen LogP contribution in [0.1, 0.15) is 11.1 Å². The Balaban J connectivity index is 2.13. The van der Waals surface area contributed by atoms with Gasteiger partial charge in [-0.05, 0) is 23.8 Å². The molecule has 0 aromatic heterocycles. The van der Waals surface area contributed by atoms with E-state index in [4.69, 9.17) is 21.1 Å². The van der Waals surface area contributed by atoms with Crippen LogP contribution in [0, 0.1) is 4.91 Å². The average molecular weight is 292 g/mol. The molecule has 0 spiro atoms. The van der Waals surface area contributed by atoms with Crippen molar-refractivity contribution in [1.29, 1.82) is 0 Å². The monoisotopic (exact) mass is 291 g/mol. The fourth-order valence-electron chi connectivity index (χ4n) is 1.78. The first-order chi connectivity index (χ1) is 9.74. The normalized spacial score (nSPS) is 10.1. The van der Waals surface area contributed by atoms with Gasteiger partial charge in [0.05, 0.1) is 7.11 Å². The molecule has 0 unspecified atom stereocenters. The van der Waals surface area contributed by atoms with E-state index in [0.717, 1.165) is 11.1 Å². The van der Waals surface area contributed by atoms with E-state index in [1.807, 2.05) is 24.3 Å². The molecule has 0 atom stereocenters. The molecule has 2 aromatic rings. The molecular weight excluding hydrogens is 278 g/mol. The van der Waals surface area contributed by atoms with E-state index in [2.05, 4.69) is 5.18 Å². The van der Waals surface area contributed by atoms with Gasteiger partial charge in [-0.2, -0.15) is 4.91 Å². The van der Waals surface area contributed by atoms with E-state index in [9.17, 15) is 4.91 Å². The van der Waals surface area contributed by atoms with Crippen molar-refractivity contribution in [2.75, 3.05) is 7.11 Å². The minimum absolute atomic E-state index is 0.112. The molecule has 5 heteroatoms. The average Bonchev–Trinajstić information content (AvgIpc) is 2.47. The van der Waals surface area contributed by atoms with Crippen LogP contribution >= 0.6 is 11.6 Å². The number of ether oxygens (including phenoxy) is 2. The summed E-state index contributed by atoms with van der Waals surface area (Å²) in [6.45, 7) is 0.461. The second kappa shape index (κ2) is 6.91. The zero-order valence-electron chi connectivity index (χ0n) is 11.0. The molecule has 0 fully saturated rings. The third-order valence-corrected chi connectivity index (χ3v) is 3.18. The first kappa shape index (κ1) is 14.3. The van der Waals surface area contributed by atoms with Crippen molar-refractivity contribution in [2.45, 2.75) is 13.2 Å². The number of nitrogens with zero attached hydrogens (tertiary/aromatic N) is 1. The van der Waals surface area contributed by atoms with Gasteiger partial charge in [-0.15, -0.1) is 0 Å². The highest BCUT2D eigenvalue weighted by molar-refractivity contribution is 6.31. The standard InChI is InChI=1S/C15H14ClNO3/c1-19-15-8-11(9-17-18)6-7-14(15)20-10-12-4-2-3-5-13(12)16/h2-8H,9-10H2,1H3. The molecule has 2 aromatic carbocycles. The molecule has 104 valence electrons. The molecule has 0 aliphatic rings. The SMILES string of the molecule is COc1cc(CN=O)ccc1OCc1ccccc1Cl. The highest BCUT2D eigenvalue weighted by atomic mass is 35.5. The van der Waals surface area contributed by atoms with Gasteiger partial charge >= 0.3 is 0 Å². The number of hydrogen-bond acceptors (Lipinski definition) is 4. The van der Waals surface area contributed by atoms with Gasteiger partial charge in [0.25, 0.3) is 0 Å². The first-order valence-electron chi connectivity index (χ1n) is 6.07. The summed E-state index contributed by atoms with van der Waals surface area (Å²) in [5, 5.41) is 3.51. The van der Waals surface area contributed by atoms with Gasteiger partial charge in [-0.25, -0.2) is 0 Å². The van der Waals surface area contributed by atoms with Crippen LogP contribution in [0.3, 0.4) is 0 Å². The topological polar surface area (TPSA) is 47.9 Å². The number of rotatable bonds is 6. The van der Waals surface area contributed by atoms with Crippen molar-refractivity contribution in [3.05, 3.63) is 63.5 Å². The number of halogens is 1. The number of benzene rings is 2. The van der Waals surface area contributed by atoms with Crippen LogP contribution < -0.4 is 9.47 Å². The number of methoxy groups -OCH3 is 1. The predicted molar refractivity (Wildman–Crippen MR) is 78.3 cm³/mol. The Bertz CT molecular complexity index is 601. The van der Waals surface area contributed by atoms with E-state index < -0.39 is 0 Å². The van der Waals surface area contributed by atoms with Crippen LogP contribution in [0.5, 0.6) is 11.5 Å². The quantitative estimate of drug-likeness (QED) is 0.750. The van der Waals surface area contributed by atoms with Crippen LogP contribution in [0.2, 0.25) is 5.02 Å². The Labute approximate surface area is 122 Å². The molecule has 2 rings (SSSR count). The lowest BCUT2D eigenvalue weighted by Crippen LogP contribution is -1.99. The third-order valence-electron chi connectivity index (χ3n) is 2.82. The molecule has 0 radical (unpaired) electrons. The summed E-state index contributed by atoms with van der Waals surface area (Å²) in [7, 11) is 1.55. The molecule has 0 saturated carbocycles. The van der Waals surface area contributed by atoms with Crippen LogP contribution in [-0.2, 0) is 13.2 Å². The van der Waals surface area contributed by atoms with Gasteiger partial charge in [-0.1, -0.05) is 41.0 Å². The van der Waals surface area contributed by atoms with Gasteiger partial charge in [0.1, 0.15) is 13.2 Å². The zero-order valence-corrected chi connectivity index (χ0v) is 11.8. The highest BCUT2D eigenvalue weighted by Crippen LogP contribution is 2.29. The van der Waals surface area contributed by atoms with Crippen LogP contribution in [0.15, 0.2) is 47.6 Å². The summed E-state index contributed by atoms with van der Waals surface area (Å²) < 4.78 is 11.0. The van der Waals surface area contributed by atoms with Crippen molar-refractivity contribution in [1.82, 2.24) is 0 Å². The first-order valence-corrected chi connectivity index (χ1v) is 6.44. The summed E-state index contributed by atoms with van der Waals surface area (Å²) in [5.74, 6) is 1.17. The maximum atomic E-state index is 10.3. The minimum Gasteiger partial charge on any atom is -0.493 e. The second-order valence-electron chi connectivity index (χ2n) is 4.15. The maximum absolute atomic E-state index is 10.3. The van der Waals surface area contributed by atoms with E-state index >= 15 is 0 Å². The van der Waals surface area contributed by atoms with E-state index in [-0.39, 0.29) is 6.54 Å². The second-order valence-corrected chi connectivity index (χ2v) is 4.56. The van der Waals surface area contributed by atoms with Gasteiger partial charge in [0.2, 0.25) is 0 Å². The maximum Gasteiger partial charge on any atom is 0.161 e. The van der Waals surface area contributed by atoms with E-state index in [0.29, 0.717) is 23.1 Å². The molecule has 0 aliphatic heterocycles. The third kappa shape index (κ3) is 3.48. The fraction of sp³-hybridized carbons (Fsp3) is 0.200. The Morgan fingerprint density at radius 3 is 2.65 bits per heavy atom. The van der Waals surface area contributed by atoms with E-state index in [1.165, 1.54) is 0 Å². The Morgan fingerprint density at radius 2 is 1.95 bits per heavy atom. The lowest BCUT2D eigenvalue weighted by molar-refractivity contribution is 0.284. The molecule has 0 amide bonds. The summed E-state index contributed by atoms with van der Waals surface area (Å²) in [5.41, 5.74) is 1.68. The van der Waals surface area contributed by atoms with Crippen molar-refractivity contribution < 1.29 is 9.47 Å². The van der Waals surface area contributed by atoms with Crippen molar-refractivity contribution in [2.24, 2.45) is 5.18 Å². The Hall–Kier alpha value is -2.07. The zero-order chi connectivity index (χ0) is 14.4. The predicted octanol–water partition coefficient (Wildman–Crippen LogP) is 4.19.